The summed E-state index contributed by atoms with van der Waals surface area (Å²) in [5.41, 5.74) is -0.729. The maximum Gasteiger partial charge on any atom is 0.338 e. The van der Waals surface area contributed by atoms with Crippen LogP contribution in [0.25, 0.3) is 0 Å². The Morgan fingerprint density at radius 1 is 1.26 bits per heavy atom. The first-order chi connectivity index (χ1) is 9.01. The minimum atomic E-state index is -1.80. The predicted molar refractivity (Wildman–Crippen MR) is 70.4 cm³/mol. The highest BCUT2D eigenvalue weighted by Gasteiger charge is 2.35. The van der Waals surface area contributed by atoms with Gasteiger partial charge in [0.2, 0.25) is 0 Å². The normalized spacial score (nSPS) is 13.8. The molecule has 2 N–H and O–H groups in total. The average molecular weight is 268 g/mol. The van der Waals surface area contributed by atoms with Crippen molar-refractivity contribution in [3.8, 4) is 5.75 Å². The van der Waals surface area contributed by atoms with E-state index in [1.165, 1.54) is 7.11 Å². The van der Waals surface area contributed by atoms with Gasteiger partial charge in [0.25, 0.3) is 0 Å². The molecule has 0 aliphatic heterocycles. The average Bonchev–Trinajstić information content (AvgIpc) is 2.39. The number of carboxylic acid groups (broad SMARTS) is 1. The second kappa shape index (κ2) is 7.11. The van der Waals surface area contributed by atoms with Crippen LogP contribution in [0.3, 0.4) is 0 Å². The second-order valence-corrected chi connectivity index (χ2v) is 4.47. The van der Waals surface area contributed by atoms with Crippen LogP contribution in [0.2, 0.25) is 0 Å². The van der Waals surface area contributed by atoms with Crippen LogP contribution in [0.1, 0.15) is 18.4 Å². The Morgan fingerprint density at radius 3 is 2.37 bits per heavy atom. The molecule has 1 aromatic carbocycles. The standard InChI is InChI=1S/C14H20O5/c1-18-10-14(17,13(15)16)9-3-4-11-5-7-12(19-2)8-6-11/h5-8,17H,3-4,9-10H2,1-2H3,(H,15,16). The van der Waals surface area contributed by atoms with Crippen LogP contribution in [0.4, 0.5) is 0 Å². The molecule has 19 heavy (non-hydrogen) atoms. The molecule has 0 amide bonds. The van der Waals surface area contributed by atoms with Gasteiger partial charge in [-0.2, -0.15) is 0 Å². The van der Waals surface area contributed by atoms with Crippen LogP contribution < -0.4 is 4.74 Å². The topological polar surface area (TPSA) is 76.0 Å². The van der Waals surface area contributed by atoms with E-state index in [1.807, 2.05) is 24.3 Å². The summed E-state index contributed by atoms with van der Waals surface area (Å²) in [5.74, 6) is -0.464. The monoisotopic (exact) mass is 268 g/mol. The highest BCUT2D eigenvalue weighted by atomic mass is 16.5. The van der Waals surface area contributed by atoms with E-state index in [0.29, 0.717) is 12.8 Å². The van der Waals surface area contributed by atoms with Gasteiger partial charge in [-0.05, 0) is 37.0 Å². The molecule has 0 aromatic heterocycles. The molecule has 0 aliphatic rings. The van der Waals surface area contributed by atoms with Crippen LogP contribution in [0, 0.1) is 0 Å². The lowest BCUT2D eigenvalue weighted by Crippen LogP contribution is -2.43. The Bertz CT molecular complexity index is 401. The molecule has 1 aromatic rings. The van der Waals surface area contributed by atoms with Crippen molar-refractivity contribution in [2.75, 3.05) is 20.8 Å². The fourth-order valence-electron chi connectivity index (χ4n) is 1.86. The Morgan fingerprint density at radius 2 is 1.89 bits per heavy atom. The molecule has 5 heteroatoms. The number of hydrogen-bond donors (Lipinski definition) is 2. The molecule has 0 bridgehead atoms. The van der Waals surface area contributed by atoms with Crippen molar-refractivity contribution in [1.82, 2.24) is 0 Å². The molecule has 1 unspecified atom stereocenters. The first-order valence-corrected chi connectivity index (χ1v) is 6.09. The van der Waals surface area contributed by atoms with Gasteiger partial charge in [0.1, 0.15) is 5.75 Å². The SMILES string of the molecule is COCC(O)(CCCc1ccc(OC)cc1)C(=O)O. The molecule has 0 saturated carbocycles. The van der Waals surface area contributed by atoms with Crippen molar-refractivity contribution >= 4 is 5.97 Å². The van der Waals surface area contributed by atoms with Crippen molar-refractivity contribution in [2.45, 2.75) is 24.9 Å². The molecular formula is C14H20O5. The van der Waals surface area contributed by atoms with Gasteiger partial charge >= 0.3 is 5.97 Å². The third-order valence-corrected chi connectivity index (χ3v) is 3.00. The Kier molecular flexibility index (Phi) is 5.79. The van der Waals surface area contributed by atoms with Crippen LogP contribution in [0.15, 0.2) is 24.3 Å². The Hall–Kier alpha value is -1.59. The number of ether oxygens (including phenoxy) is 2. The summed E-state index contributed by atoms with van der Waals surface area (Å²) in [6.07, 6.45) is 1.42. The number of carbonyl (C=O) groups is 1. The molecular weight excluding hydrogens is 248 g/mol. The minimum absolute atomic E-state index is 0.155. The van der Waals surface area contributed by atoms with Crippen molar-refractivity contribution in [3.05, 3.63) is 29.8 Å². The summed E-state index contributed by atoms with van der Waals surface area (Å²) >= 11 is 0. The van der Waals surface area contributed by atoms with Gasteiger partial charge in [0.15, 0.2) is 5.60 Å². The first-order valence-electron chi connectivity index (χ1n) is 6.09. The quantitative estimate of drug-likeness (QED) is 0.747. The second-order valence-electron chi connectivity index (χ2n) is 4.47. The van der Waals surface area contributed by atoms with Gasteiger partial charge in [-0.25, -0.2) is 4.79 Å². The summed E-state index contributed by atoms with van der Waals surface area (Å²) < 4.78 is 9.81. The van der Waals surface area contributed by atoms with Gasteiger partial charge in [0.05, 0.1) is 13.7 Å². The van der Waals surface area contributed by atoms with E-state index < -0.39 is 11.6 Å². The summed E-state index contributed by atoms with van der Waals surface area (Å²) in [7, 11) is 2.98. The third-order valence-electron chi connectivity index (χ3n) is 3.00. The van der Waals surface area contributed by atoms with Crippen molar-refractivity contribution in [1.29, 1.82) is 0 Å². The van der Waals surface area contributed by atoms with Crippen molar-refractivity contribution < 1.29 is 24.5 Å². The van der Waals surface area contributed by atoms with Crippen molar-refractivity contribution in [3.63, 3.8) is 0 Å². The maximum atomic E-state index is 11.0. The highest BCUT2D eigenvalue weighted by molar-refractivity contribution is 5.77. The molecule has 1 rings (SSSR count). The molecule has 0 aliphatic carbocycles. The zero-order valence-electron chi connectivity index (χ0n) is 11.3. The molecule has 0 saturated heterocycles. The van der Waals surface area contributed by atoms with E-state index in [0.717, 1.165) is 11.3 Å². The van der Waals surface area contributed by atoms with E-state index in [4.69, 9.17) is 14.6 Å². The summed E-state index contributed by atoms with van der Waals surface area (Å²) in [5, 5.41) is 18.9. The molecule has 0 radical (unpaired) electrons. The molecule has 0 spiro atoms. The molecule has 5 nitrogen and oxygen atoms in total. The maximum absolute atomic E-state index is 11.0. The van der Waals surface area contributed by atoms with Crippen LogP contribution in [-0.4, -0.2) is 42.6 Å². The van der Waals surface area contributed by atoms with Gasteiger partial charge < -0.3 is 19.7 Å². The van der Waals surface area contributed by atoms with Crippen LogP contribution in [-0.2, 0) is 16.0 Å². The van der Waals surface area contributed by atoms with Gasteiger partial charge in [-0.3, -0.25) is 0 Å². The molecule has 0 heterocycles. The van der Waals surface area contributed by atoms with E-state index in [9.17, 15) is 9.90 Å². The van der Waals surface area contributed by atoms with E-state index in [2.05, 4.69) is 0 Å². The summed E-state index contributed by atoms with van der Waals surface area (Å²) in [6, 6.07) is 7.56. The lowest BCUT2D eigenvalue weighted by atomic mass is 9.96. The lowest BCUT2D eigenvalue weighted by molar-refractivity contribution is -0.165. The summed E-state index contributed by atoms with van der Waals surface area (Å²) in [4.78, 5) is 11.0. The number of hydrogen-bond acceptors (Lipinski definition) is 4. The molecule has 106 valence electrons. The predicted octanol–water partition coefficient (Wildman–Crippen LogP) is 1.48. The number of aliphatic hydroxyl groups is 1. The smallest absolute Gasteiger partial charge is 0.338 e. The van der Waals surface area contributed by atoms with Crippen molar-refractivity contribution in [2.24, 2.45) is 0 Å². The molecule has 1 atom stereocenters. The Labute approximate surface area is 112 Å². The fourth-order valence-corrected chi connectivity index (χ4v) is 1.86. The van der Waals surface area contributed by atoms with E-state index in [-0.39, 0.29) is 13.0 Å². The lowest BCUT2D eigenvalue weighted by Gasteiger charge is -2.22. The Balaban J connectivity index is 2.49. The zero-order valence-corrected chi connectivity index (χ0v) is 11.3. The number of carboxylic acids is 1. The molecule has 0 fully saturated rings. The van der Waals surface area contributed by atoms with Crippen LogP contribution >= 0.6 is 0 Å². The first kappa shape index (κ1) is 15.5. The fraction of sp³-hybridized carbons (Fsp3) is 0.500. The number of aliphatic carboxylic acids is 1. The minimum Gasteiger partial charge on any atom is -0.497 e. The van der Waals surface area contributed by atoms with E-state index in [1.54, 1.807) is 7.11 Å². The number of rotatable bonds is 8. The highest BCUT2D eigenvalue weighted by Crippen LogP contribution is 2.18. The number of benzene rings is 1. The van der Waals surface area contributed by atoms with Gasteiger partial charge in [-0.1, -0.05) is 12.1 Å². The van der Waals surface area contributed by atoms with E-state index >= 15 is 0 Å². The number of aryl methyl sites for hydroxylation is 1. The largest absolute Gasteiger partial charge is 0.497 e. The summed E-state index contributed by atoms with van der Waals surface area (Å²) in [6.45, 7) is -0.203. The van der Waals surface area contributed by atoms with Crippen LogP contribution in [0.5, 0.6) is 5.75 Å². The zero-order chi connectivity index (χ0) is 14.3. The number of methoxy groups -OCH3 is 2. The van der Waals surface area contributed by atoms with Gasteiger partial charge in [-0.15, -0.1) is 0 Å². The van der Waals surface area contributed by atoms with Gasteiger partial charge in [0, 0.05) is 7.11 Å². The third kappa shape index (κ3) is 4.54.